The number of benzene rings is 1. The number of nitrogens with zero attached hydrogens (tertiary/aromatic N) is 2. The average molecular weight is 340 g/mol. The Hall–Kier alpha value is -2.63. The van der Waals surface area contributed by atoms with Crippen LogP contribution in [0.25, 0.3) is 11.0 Å². The predicted molar refractivity (Wildman–Crippen MR) is 96.1 cm³/mol. The van der Waals surface area contributed by atoms with Crippen LogP contribution in [0.2, 0.25) is 0 Å². The van der Waals surface area contributed by atoms with Gasteiger partial charge in [0.2, 0.25) is 5.91 Å². The van der Waals surface area contributed by atoms with E-state index in [-0.39, 0.29) is 17.9 Å². The highest BCUT2D eigenvalue weighted by atomic mass is 16.5. The third-order valence-electron chi connectivity index (χ3n) is 4.47. The van der Waals surface area contributed by atoms with Gasteiger partial charge in [0.15, 0.2) is 0 Å². The van der Waals surface area contributed by atoms with E-state index in [4.69, 9.17) is 4.52 Å². The average Bonchev–Trinajstić information content (AvgIpc) is 3.14. The molecule has 3 aromatic rings. The molecule has 6 heteroatoms. The Kier molecular flexibility index (Phi) is 4.88. The van der Waals surface area contributed by atoms with Crippen molar-refractivity contribution in [3.63, 3.8) is 0 Å². The first kappa shape index (κ1) is 17.2. The molecule has 0 aliphatic heterocycles. The monoisotopic (exact) mass is 340 g/mol. The van der Waals surface area contributed by atoms with Gasteiger partial charge in [-0.05, 0) is 38.3 Å². The second-order valence-corrected chi connectivity index (χ2v) is 6.73. The highest BCUT2D eigenvalue weighted by Crippen LogP contribution is 2.22. The molecule has 0 unspecified atom stereocenters. The smallest absolute Gasteiger partial charge is 0.220 e. The number of nitrogens with one attached hydrogen (secondary N) is 2. The highest BCUT2D eigenvalue weighted by molar-refractivity contribution is 5.77. The van der Waals surface area contributed by atoms with Crippen molar-refractivity contribution in [2.75, 3.05) is 0 Å². The number of aryl methyl sites for hydroxylation is 2. The molecule has 3 rings (SSSR count). The number of aromatic nitrogens is 3. The third-order valence-corrected chi connectivity index (χ3v) is 4.47. The molecule has 2 aromatic heterocycles. The maximum absolute atomic E-state index is 12.5. The Morgan fingerprint density at radius 1 is 1.28 bits per heavy atom. The normalized spacial score (nSPS) is 12.7. The first-order valence-corrected chi connectivity index (χ1v) is 8.61. The summed E-state index contributed by atoms with van der Waals surface area (Å²) in [4.78, 5) is 20.4. The van der Waals surface area contributed by atoms with Gasteiger partial charge in [0.25, 0.3) is 0 Å². The fourth-order valence-corrected chi connectivity index (χ4v) is 3.01. The summed E-state index contributed by atoms with van der Waals surface area (Å²) in [6, 6.07) is 7.73. The molecule has 0 spiro atoms. The van der Waals surface area contributed by atoms with Crippen LogP contribution in [0.15, 0.2) is 28.8 Å². The fourth-order valence-electron chi connectivity index (χ4n) is 3.01. The highest BCUT2D eigenvalue weighted by Gasteiger charge is 2.22. The molecule has 0 radical (unpaired) electrons. The van der Waals surface area contributed by atoms with E-state index in [0.717, 1.165) is 33.9 Å². The van der Waals surface area contributed by atoms with Crippen molar-refractivity contribution >= 4 is 16.9 Å². The standard InChI is InChI=1S/C19H24N4O2/c1-11(2)18(19-20-15-7-5-6-8-16(15)21-19)22-17(24)10-9-14-12(3)23-25-13(14)4/h5-8,11,18H,9-10H2,1-4H3,(H,20,21)(H,22,24)/t18-/m1/s1. The Balaban J connectivity index is 1.70. The number of para-hydroxylation sites is 2. The molecular weight excluding hydrogens is 316 g/mol. The Bertz CT molecular complexity index is 826. The van der Waals surface area contributed by atoms with Crippen molar-refractivity contribution in [2.24, 2.45) is 5.92 Å². The number of rotatable bonds is 6. The molecule has 1 atom stereocenters. The second kappa shape index (κ2) is 7.09. The van der Waals surface area contributed by atoms with Gasteiger partial charge in [-0.2, -0.15) is 0 Å². The molecule has 132 valence electrons. The van der Waals surface area contributed by atoms with E-state index in [1.807, 2.05) is 38.1 Å². The summed E-state index contributed by atoms with van der Waals surface area (Å²) in [5.74, 6) is 1.80. The molecule has 0 saturated heterocycles. The van der Waals surface area contributed by atoms with Crippen LogP contribution in [-0.4, -0.2) is 21.0 Å². The third kappa shape index (κ3) is 3.73. The Morgan fingerprint density at radius 2 is 2.04 bits per heavy atom. The Morgan fingerprint density at radius 3 is 2.68 bits per heavy atom. The number of hydrogen-bond acceptors (Lipinski definition) is 4. The number of hydrogen-bond donors (Lipinski definition) is 2. The number of amides is 1. The van der Waals surface area contributed by atoms with Crippen LogP contribution in [0.1, 0.15) is 49.2 Å². The number of imidazole rings is 1. The topological polar surface area (TPSA) is 83.8 Å². The summed E-state index contributed by atoms with van der Waals surface area (Å²) in [5, 5.41) is 7.04. The SMILES string of the molecule is Cc1noc(C)c1CCC(=O)N[C@@H](c1nc2ccccc2[nH]1)C(C)C. The van der Waals surface area contributed by atoms with Crippen molar-refractivity contribution in [2.45, 2.75) is 46.6 Å². The lowest BCUT2D eigenvalue weighted by molar-refractivity contribution is -0.122. The zero-order valence-corrected chi connectivity index (χ0v) is 15.1. The minimum Gasteiger partial charge on any atom is -0.361 e. The molecule has 1 aromatic carbocycles. The van der Waals surface area contributed by atoms with E-state index < -0.39 is 0 Å². The van der Waals surface area contributed by atoms with Crippen molar-refractivity contribution < 1.29 is 9.32 Å². The van der Waals surface area contributed by atoms with Gasteiger partial charge in [0, 0.05) is 12.0 Å². The summed E-state index contributed by atoms with van der Waals surface area (Å²) >= 11 is 0. The van der Waals surface area contributed by atoms with Crippen molar-refractivity contribution in [3.8, 4) is 0 Å². The number of carbonyl (C=O) groups excluding carboxylic acids is 1. The molecule has 1 amide bonds. The molecule has 25 heavy (non-hydrogen) atoms. The molecule has 0 fully saturated rings. The largest absolute Gasteiger partial charge is 0.361 e. The van der Waals surface area contributed by atoms with Gasteiger partial charge in [-0.15, -0.1) is 0 Å². The maximum atomic E-state index is 12.5. The van der Waals surface area contributed by atoms with Gasteiger partial charge < -0.3 is 14.8 Å². The van der Waals surface area contributed by atoms with E-state index in [2.05, 4.69) is 34.3 Å². The van der Waals surface area contributed by atoms with Gasteiger partial charge in [-0.3, -0.25) is 4.79 Å². The van der Waals surface area contributed by atoms with Gasteiger partial charge in [0.1, 0.15) is 11.6 Å². The minimum absolute atomic E-state index is 0.000781. The van der Waals surface area contributed by atoms with Crippen molar-refractivity contribution in [3.05, 3.63) is 47.1 Å². The lowest BCUT2D eigenvalue weighted by Crippen LogP contribution is -2.32. The molecule has 0 aliphatic carbocycles. The van der Waals surface area contributed by atoms with E-state index >= 15 is 0 Å². The number of fused-ring (bicyclic) bond motifs is 1. The summed E-state index contributed by atoms with van der Waals surface area (Å²) < 4.78 is 5.15. The fraction of sp³-hybridized carbons (Fsp3) is 0.421. The molecule has 2 heterocycles. The first-order valence-electron chi connectivity index (χ1n) is 8.61. The minimum atomic E-state index is -0.149. The predicted octanol–water partition coefficient (Wildman–Crippen LogP) is 3.61. The lowest BCUT2D eigenvalue weighted by Gasteiger charge is -2.20. The van der Waals surface area contributed by atoms with Gasteiger partial charge in [-0.1, -0.05) is 31.1 Å². The molecule has 0 bridgehead atoms. The van der Waals surface area contributed by atoms with Crippen LogP contribution in [0, 0.1) is 19.8 Å². The van der Waals surface area contributed by atoms with Gasteiger partial charge in [-0.25, -0.2) is 4.98 Å². The zero-order chi connectivity index (χ0) is 18.0. The maximum Gasteiger partial charge on any atom is 0.220 e. The lowest BCUT2D eigenvalue weighted by atomic mass is 10.0. The molecule has 2 N–H and O–H groups in total. The van der Waals surface area contributed by atoms with Gasteiger partial charge in [0.05, 0.1) is 22.8 Å². The number of carbonyl (C=O) groups is 1. The van der Waals surface area contributed by atoms with E-state index in [1.165, 1.54) is 0 Å². The molecule has 0 saturated carbocycles. The molecule has 0 aliphatic rings. The summed E-state index contributed by atoms with van der Waals surface area (Å²) in [7, 11) is 0. The number of H-pyrrole nitrogens is 1. The summed E-state index contributed by atoms with van der Waals surface area (Å²) in [5.41, 5.74) is 3.75. The van der Waals surface area contributed by atoms with Crippen LogP contribution < -0.4 is 5.32 Å². The van der Waals surface area contributed by atoms with E-state index in [1.54, 1.807) is 0 Å². The Labute approximate surface area is 147 Å². The van der Waals surface area contributed by atoms with Crippen LogP contribution >= 0.6 is 0 Å². The van der Waals surface area contributed by atoms with Crippen LogP contribution in [0.5, 0.6) is 0 Å². The zero-order valence-electron chi connectivity index (χ0n) is 15.1. The summed E-state index contributed by atoms with van der Waals surface area (Å²) in [6.45, 7) is 7.92. The van der Waals surface area contributed by atoms with E-state index in [0.29, 0.717) is 12.8 Å². The molecular formula is C19H24N4O2. The quantitative estimate of drug-likeness (QED) is 0.718. The van der Waals surface area contributed by atoms with Crippen LogP contribution in [-0.2, 0) is 11.2 Å². The number of aromatic amines is 1. The van der Waals surface area contributed by atoms with Gasteiger partial charge >= 0.3 is 0 Å². The molecule has 6 nitrogen and oxygen atoms in total. The first-order chi connectivity index (χ1) is 12.0. The van der Waals surface area contributed by atoms with Crippen LogP contribution in [0.4, 0.5) is 0 Å². The van der Waals surface area contributed by atoms with Crippen LogP contribution in [0.3, 0.4) is 0 Å². The second-order valence-electron chi connectivity index (χ2n) is 6.73. The van der Waals surface area contributed by atoms with Crippen molar-refractivity contribution in [1.82, 2.24) is 20.4 Å². The van der Waals surface area contributed by atoms with Crippen molar-refractivity contribution in [1.29, 1.82) is 0 Å². The summed E-state index contributed by atoms with van der Waals surface area (Å²) in [6.07, 6.45) is 1.02. The van der Waals surface area contributed by atoms with E-state index in [9.17, 15) is 4.79 Å².